The van der Waals surface area contributed by atoms with Crippen LogP contribution in [0.15, 0.2) is 36.4 Å². The Bertz CT molecular complexity index is 824. The topological polar surface area (TPSA) is 49.8 Å². The predicted molar refractivity (Wildman–Crippen MR) is 99.5 cm³/mol. The van der Waals surface area contributed by atoms with Gasteiger partial charge in [-0.25, -0.2) is 0 Å². The zero-order chi connectivity index (χ0) is 20.2. The van der Waals surface area contributed by atoms with E-state index in [1.165, 1.54) is 12.3 Å². The number of halogens is 3. The normalized spacial score (nSPS) is 11.4. The van der Waals surface area contributed by atoms with Gasteiger partial charge in [-0.15, -0.1) is 0 Å². The van der Waals surface area contributed by atoms with Crippen LogP contribution in [0.2, 0.25) is 0 Å². The third-order valence-corrected chi connectivity index (χ3v) is 4.54. The van der Waals surface area contributed by atoms with E-state index in [2.05, 4.69) is 0 Å². The minimum Gasteiger partial charge on any atom is -0.489 e. The van der Waals surface area contributed by atoms with Crippen molar-refractivity contribution in [1.29, 1.82) is 0 Å². The van der Waals surface area contributed by atoms with Gasteiger partial charge in [-0.3, -0.25) is 10.0 Å². The first-order valence-corrected chi connectivity index (χ1v) is 9.39. The number of carbonyl (C=O) groups is 1. The van der Waals surface area contributed by atoms with E-state index in [1.54, 1.807) is 6.07 Å². The molecule has 0 aromatic heterocycles. The Hall–Kier alpha value is -2.19. The minimum absolute atomic E-state index is 0.0987. The maximum Gasteiger partial charge on any atom is 0.416 e. The quantitative estimate of drug-likeness (QED) is 0.507. The van der Waals surface area contributed by atoms with Crippen molar-refractivity contribution in [2.45, 2.75) is 33.1 Å². The average Bonchev–Trinajstić information content (AvgIpc) is 2.64. The van der Waals surface area contributed by atoms with E-state index in [4.69, 9.17) is 4.74 Å². The van der Waals surface area contributed by atoms with Crippen LogP contribution in [-0.2, 0) is 19.2 Å². The number of benzene rings is 2. The van der Waals surface area contributed by atoms with Gasteiger partial charge in [-0.2, -0.15) is 18.2 Å². The van der Waals surface area contributed by atoms with Gasteiger partial charge in [0.05, 0.1) is 11.3 Å². The second kappa shape index (κ2) is 8.67. The number of aryl methyl sites for hydroxylation is 2. The summed E-state index contributed by atoms with van der Waals surface area (Å²) in [5, 5.41) is 9.44. The number of nitrogens with zero attached hydrogens (tertiary/aromatic N) is 1. The summed E-state index contributed by atoms with van der Waals surface area (Å²) in [6, 6.07) is 8.50. The van der Waals surface area contributed by atoms with Gasteiger partial charge in [0.25, 0.3) is 0 Å². The van der Waals surface area contributed by atoms with E-state index in [0.29, 0.717) is 17.5 Å². The molecule has 0 aliphatic rings. The maximum atomic E-state index is 13.0. The summed E-state index contributed by atoms with van der Waals surface area (Å²) in [5.41, 5.74) is 1.07. The highest BCUT2D eigenvalue weighted by molar-refractivity contribution is 8.13. The molecule has 27 heavy (non-hydrogen) atoms. The van der Waals surface area contributed by atoms with Crippen molar-refractivity contribution in [3.8, 4) is 5.75 Å². The van der Waals surface area contributed by atoms with Crippen LogP contribution in [0.1, 0.15) is 29.2 Å². The predicted octanol–water partition coefficient (Wildman–Crippen LogP) is 5.83. The number of ether oxygens (including phenoxy) is 1. The van der Waals surface area contributed by atoms with Crippen molar-refractivity contribution in [3.63, 3.8) is 0 Å². The van der Waals surface area contributed by atoms with Gasteiger partial charge >= 0.3 is 11.4 Å². The Morgan fingerprint density at radius 2 is 1.93 bits per heavy atom. The van der Waals surface area contributed by atoms with E-state index in [1.807, 2.05) is 26.0 Å². The maximum absolute atomic E-state index is 13.0. The lowest BCUT2D eigenvalue weighted by molar-refractivity contribution is -0.137. The van der Waals surface area contributed by atoms with Crippen LogP contribution in [-0.4, -0.2) is 16.7 Å². The molecule has 0 unspecified atom stereocenters. The molecule has 0 heterocycles. The lowest BCUT2D eigenvalue weighted by atomic mass is 10.1. The molecule has 0 spiro atoms. The van der Waals surface area contributed by atoms with Crippen LogP contribution in [0.5, 0.6) is 5.75 Å². The summed E-state index contributed by atoms with van der Waals surface area (Å²) < 4.78 is 44.7. The van der Waals surface area contributed by atoms with Crippen LogP contribution in [0.4, 0.5) is 23.7 Å². The van der Waals surface area contributed by atoms with Crippen molar-refractivity contribution in [2.75, 3.05) is 11.3 Å². The molecule has 2 rings (SSSR count). The molecule has 4 nitrogen and oxygen atoms in total. The van der Waals surface area contributed by atoms with Crippen molar-refractivity contribution in [1.82, 2.24) is 0 Å². The zero-order valence-electron chi connectivity index (χ0n) is 15.1. The van der Waals surface area contributed by atoms with Gasteiger partial charge in [0.15, 0.2) is 0 Å². The first-order valence-electron chi connectivity index (χ1n) is 8.16. The number of rotatable bonds is 5. The summed E-state index contributed by atoms with van der Waals surface area (Å²) in [6.45, 7) is 3.80. The van der Waals surface area contributed by atoms with Crippen molar-refractivity contribution < 1.29 is 27.9 Å². The summed E-state index contributed by atoms with van der Waals surface area (Å²) >= 11 is 0.686. The number of carbonyl (C=O) groups excluding carboxylic acids is 1. The first kappa shape index (κ1) is 21.1. The van der Waals surface area contributed by atoms with Crippen LogP contribution in [0, 0.1) is 6.92 Å². The van der Waals surface area contributed by atoms with Gasteiger partial charge in [0, 0.05) is 5.56 Å². The highest BCUT2D eigenvalue weighted by atomic mass is 32.2. The SMILES string of the molecule is CCc1ccc(OCc2ccc(C(F)(F)F)cc2N(O)C(=O)SC)c(C)c1. The third-order valence-electron chi connectivity index (χ3n) is 4.02. The van der Waals surface area contributed by atoms with E-state index in [-0.39, 0.29) is 22.9 Å². The second-order valence-corrected chi connectivity index (χ2v) is 6.62. The fourth-order valence-corrected chi connectivity index (χ4v) is 2.76. The lowest BCUT2D eigenvalue weighted by Crippen LogP contribution is -2.24. The van der Waals surface area contributed by atoms with Crippen molar-refractivity contribution >= 4 is 22.7 Å². The van der Waals surface area contributed by atoms with E-state index in [9.17, 15) is 23.2 Å². The average molecular weight is 399 g/mol. The van der Waals surface area contributed by atoms with Gasteiger partial charge in [-0.1, -0.05) is 36.9 Å². The van der Waals surface area contributed by atoms with Gasteiger partial charge < -0.3 is 4.74 Å². The van der Waals surface area contributed by atoms with Crippen molar-refractivity contribution in [3.05, 3.63) is 58.7 Å². The first-order chi connectivity index (χ1) is 12.7. The molecule has 0 atom stereocenters. The summed E-state index contributed by atoms with van der Waals surface area (Å²) in [6.07, 6.45) is -2.29. The molecule has 1 amide bonds. The van der Waals surface area contributed by atoms with Crippen LogP contribution in [0.3, 0.4) is 0 Å². The minimum atomic E-state index is -4.59. The van der Waals surface area contributed by atoms with E-state index < -0.39 is 17.0 Å². The highest BCUT2D eigenvalue weighted by Crippen LogP contribution is 2.34. The van der Waals surface area contributed by atoms with E-state index >= 15 is 0 Å². The molecule has 0 aliphatic heterocycles. The zero-order valence-corrected chi connectivity index (χ0v) is 15.9. The second-order valence-electron chi connectivity index (χ2n) is 5.87. The van der Waals surface area contributed by atoms with E-state index in [0.717, 1.165) is 29.7 Å². The molecule has 2 aromatic rings. The third kappa shape index (κ3) is 5.17. The molecule has 8 heteroatoms. The Morgan fingerprint density at radius 1 is 1.22 bits per heavy atom. The van der Waals surface area contributed by atoms with Gasteiger partial charge in [0.2, 0.25) is 0 Å². The molecule has 146 valence electrons. The summed E-state index contributed by atoms with van der Waals surface area (Å²) in [4.78, 5) is 11.7. The number of amides is 1. The van der Waals surface area contributed by atoms with Crippen molar-refractivity contribution in [2.24, 2.45) is 0 Å². The van der Waals surface area contributed by atoms with Crippen LogP contribution >= 0.6 is 11.8 Å². The Labute approximate surface area is 159 Å². The molecule has 0 radical (unpaired) electrons. The number of thioether (sulfide) groups is 1. The van der Waals surface area contributed by atoms with Gasteiger partial charge in [0.1, 0.15) is 12.4 Å². The number of anilines is 1. The molecular formula is C19H20F3NO3S. The molecule has 0 fully saturated rings. The van der Waals surface area contributed by atoms with Crippen LogP contribution < -0.4 is 9.80 Å². The smallest absolute Gasteiger partial charge is 0.416 e. The molecule has 0 aliphatic carbocycles. The highest BCUT2D eigenvalue weighted by Gasteiger charge is 2.32. The van der Waals surface area contributed by atoms with Gasteiger partial charge in [-0.05, 0) is 48.9 Å². The fraction of sp³-hybridized carbons (Fsp3) is 0.316. The molecule has 1 N–H and O–H groups in total. The lowest BCUT2D eigenvalue weighted by Gasteiger charge is -2.20. The largest absolute Gasteiger partial charge is 0.489 e. The summed E-state index contributed by atoms with van der Waals surface area (Å²) in [7, 11) is 0. The Morgan fingerprint density at radius 3 is 2.48 bits per heavy atom. The summed E-state index contributed by atoms with van der Waals surface area (Å²) in [5.74, 6) is 0.582. The standard InChI is InChI=1S/C19H20F3NO3S/c1-4-13-5-8-17(12(2)9-13)26-11-14-6-7-15(19(20,21)22)10-16(14)23(25)18(24)27-3/h5-10,25H,4,11H2,1-3H3. The number of hydrogen-bond donors (Lipinski definition) is 1. The molecule has 2 aromatic carbocycles. The number of alkyl halides is 3. The Kier molecular flexibility index (Phi) is 6.78. The molecular weight excluding hydrogens is 379 g/mol. The number of hydrogen-bond acceptors (Lipinski definition) is 4. The molecule has 0 bridgehead atoms. The monoisotopic (exact) mass is 399 g/mol. The Balaban J connectivity index is 2.33. The molecule has 0 saturated carbocycles. The fourth-order valence-electron chi connectivity index (χ4n) is 2.49. The molecule has 0 saturated heterocycles. The van der Waals surface area contributed by atoms with Crippen LogP contribution in [0.25, 0.3) is 0 Å². The number of hydroxylamine groups is 1.